The zero-order chi connectivity index (χ0) is 14.6. The third kappa shape index (κ3) is 7.65. The molecule has 2 atom stereocenters. The lowest BCUT2D eigenvalue weighted by molar-refractivity contribution is -0.117. The first-order valence-corrected chi connectivity index (χ1v) is 9.09. The van der Waals surface area contributed by atoms with Crippen LogP contribution in [0.2, 0.25) is 0 Å². The van der Waals surface area contributed by atoms with Crippen LogP contribution in [0.25, 0.3) is 0 Å². The van der Waals surface area contributed by atoms with E-state index in [-0.39, 0.29) is 11.6 Å². The average Bonchev–Trinajstić information content (AvgIpc) is 2.46. The maximum atomic E-state index is 11.1. The van der Waals surface area contributed by atoms with Gasteiger partial charge in [-0.2, -0.15) is 0 Å². The van der Waals surface area contributed by atoms with Crippen LogP contribution in [0.1, 0.15) is 51.0 Å². The average molecular weight is 293 g/mol. The van der Waals surface area contributed by atoms with Gasteiger partial charge in [0.1, 0.15) is 0 Å². The lowest BCUT2D eigenvalue weighted by atomic mass is 10.1. The van der Waals surface area contributed by atoms with Crippen molar-refractivity contribution in [1.29, 1.82) is 0 Å². The Labute approximate surface area is 125 Å². The summed E-state index contributed by atoms with van der Waals surface area (Å²) in [5.74, 6) is -0.117. The van der Waals surface area contributed by atoms with Crippen molar-refractivity contribution in [3.63, 3.8) is 0 Å². The minimum absolute atomic E-state index is 0.117. The van der Waals surface area contributed by atoms with Crippen molar-refractivity contribution in [2.75, 3.05) is 6.16 Å². The second-order valence-electron chi connectivity index (χ2n) is 5.32. The fourth-order valence-corrected chi connectivity index (χ4v) is 3.64. The Morgan fingerprint density at radius 1 is 1.10 bits per heavy atom. The van der Waals surface area contributed by atoms with Gasteiger partial charge in [0.2, 0.25) is 5.91 Å². The monoisotopic (exact) mass is 293 g/mol. The van der Waals surface area contributed by atoms with Gasteiger partial charge in [-0.15, -0.1) is 8.58 Å². The van der Waals surface area contributed by atoms with E-state index in [1.807, 2.05) is 6.92 Å². The molecule has 2 nitrogen and oxygen atoms in total. The summed E-state index contributed by atoms with van der Waals surface area (Å²) in [5, 5.41) is 0. The number of carbonyl (C=O) groups excluding carboxylic acids is 1. The Kier molecular flexibility index (Phi) is 9.32. The maximum Gasteiger partial charge on any atom is 0.224 e. The van der Waals surface area contributed by atoms with Crippen molar-refractivity contribution in [2.45, 2.75) is 57.5 Å². The number of rotatable bonds is 11. The van der Waals surface area contributed by atoms with Gasteiger partial charge in [0.25, 0.3) is 0 Å². The first-order chi connectivity index (χ1) is 9.74. The van der Waals surface area contributed by atoms with Crippen LogP contribution in [-0.2, 0) is 11.2 Å². The molecule has 0 aliphatic heterocycles. The van der Waals surface area contributed by atoms with E-state index in [1.54, 1.807) is 0 Å². The Balaban J connectivity index is 1.94. The normalized spacial score (nSPS) is 12.8. The predicted molar refractivity (Wildman–Crippen MR) is 89.7 cm³/mol. The van der Waals surface area contributed by atoms with Crippen LogP contribution >= 0.6 is 8.58 Å². The Hall–Kier alpha value is -0.880. The Morgan fingerprint density at radius 3 is 2.40 bits per heavy atom. The van der Waals surface area contributed by atoms with Crippen LogP contribution in [0, 0.1) is 0 Å². The van der Waals surface area contributed by atoms with Gasteiger partial charge in [0, 0.05) is 0 Å². The molecule has 1 amide bonds. The summed E-state index contributed by atoms with van der Waals surface area (Å²) in [7, 11) is 0.719. The summed E-state index contributed by atoms with van der Waals surface area (Å²) in [6.45, 7) is 2.05. The number of unbranched alkanes of at least 4 members (excludes halogenated alkanes) is 4. The highest BCUT2D eigenvalue weighted by molar-refractivity contribution is 7.40. The lowest BCUT2D eigenvalue weighted by Crippen LogP contribution is -2.24. The van der Waals surface area contributed by atoms with E-state index in [4.69, 9.17) is 5.73 Å². The number of hydrogen-bond acceptors (Lipinski definition) is 1. The summed E-state index contributed by atoms with van der Waals surface area (Å²) < 4.78 is 0. The van der Waals surface area contributed by atoms with Crippen molar-refractivity contribution in [3.05, 3.63) is 35.9 Å². The quantitative estimate of drug-likeness (QED) is 0.484. The highest BCUT2D eigenvalue weighted by Gasteiger charge is 2.11. The topological polar surface area (TPSA) is 43.1 Å². The molecule has 0 aliphatic rings. The van der Waals surface area contributed by atoms with E-state index < -0.39 is 0 Å². The molecule has 0 radical (unpaired) electrons. The molecule has 3 heteroatoms. The number of nitrogens with two attached hydrogens (primary N) is 1. The molecule has 112 valence electrons. The summed E-state index contributed by atoms with van der Waals surface area (Å²) in [6, 6.07) is 10.7. The smallest absolute Gasteiger partial charge is 0.224 e. The molecule has 0 aliphatic carbocycles. The molecule has 2 unspecified atom stereocenters. The SMILES string of the molecule is CCC(PCCCCCCCc1ccccc1)C(N)=O. The highest BCUT2D eigenvalue weighted by Crippen LogP contribution is 2.23. The molecule has 0 aromatic heterocycles. The van der Waals surface area contributed by atoms with Gasteiger partial charge in [-0.3, -0.25) is 4.79 Å². The Bertz CT molecular complexity index is 367. The van der Waals surface area contributed by atoms with E-state index >= 15 is 0 Å². The van der Waals surface area contributed by atoms with Gasteiger partial charge in [0.15, 0.2) is 0 Å². The molecule has 0 saturated carbocycles. The van der Waals surface area contributed by atoms with Gasteiger partial charge in [-0.1, -0.05) is 56.5 Å². The molecule has 1 aromatic rings. The van der Waals surface area contributed by atoms with E-state index in [0.29, 0.717) is 0 Å². The number of primary amides is 1. The standard InChI is InChI=1S/C17H28NOP/c1-2-16(17(18)19)20-14-10-5-3-4-7-11-15-12-8-6-9-13-15/h6,8-9,12-13,16,20H,2-5,7,10-11,14H2,1H3,(H2,18,19). The summed E-state index contributed by atoms with van der Waals surface area (Å²) in [4.78, 5) is 11.1. The molecular weight excluding hydrogens is 265 g/mol. The predicted octanol–water partition coefficient (Wildman–Crippen LogP) is 4.12. The van der Waals surface area contributed by atoms with Crippen LogP contribution in [0.15, 0.2) is 30.3 Å². The number of carbonyl (C=O) groups is 1. The fraction of sp³-hybridized carbons (Fsp3) is 0.588. The molecule has 0 spiro atoms. The van der Waals surface area contributed by atoms with E-state index in [2.05, 4.69) is 30.3 Å². The van der Waals surface area contributed by atoms with Gasteiger partial charge in [-0.25, -0.2) is 0 Å². The number of amides is 1. The summed E-state index contributed by atoms with van der Waals surface area (Å²) >= 11 is 0. The zero-order valence-corrected chi connectivity index (χ0v) is 13.6. The highest BCUT2D eigenvalue weighted by atomic mass is 31.1. The van der Waals surface area contributed by atoms with Crippen LogP contribution in [-0.4, -0.2) is 17.7 Å². The van der Waals surface area contributed by atoms with Crippen LogP contribution < -0.4 is 5.73 Å². The molecule has 20 heavy (non-hydrogen) atoms. The van der Waals surface area contributed by atoms with Crippen LogP contribution in [0.3, 0.4) is 0 Å². The van der Waals surface area contributed by atoms with Crippen LogP contribution in [0.5, 0.6) is 0 Å². The number of aryl methyl sites for hydroxylation is 1. The molecule has 1 aromatic carbocycles. The van der Waals surface area contributed by atoms with E-state index in [0.717, 1.165) is 15.0 Å². The van der Waals surface area contributed by atoms with Crippen molar-refractivity contribution in [1.82, 2.24) is 0 Å². The van der Waals surface area contributed by atoms with Crippen molar-refractivity contribution < 1.29 is 4.79 Å². The molecule has 0 fully saturated rings. The van der Waals surface area contributed by atoms with Gasteiger partial charge >= 0.3 is 0 Å². The fourth-order valence-electron chi connectivity index (χ4n) is 2.35. The molecule has 0 heterocycles. The Morgan fingerprint density at radius 2 is 1.75 bits per heavy atom. The minimum Gasteiger partial charge on any atom is -0.369 e. The molecule has 0 saturated heterocycles. The molecule has 0 bridgehead atoms. The largest absolute Gasteiger partial charge is 0.369 e. The second kappa shape index (κ2) is 10.9. The minimum atomic E-state index is -0.117. The van der Waals surface area contributed by atoms with Gasteiger partial charge < -0.3 is 5.73 Å². The lowest BCUT2D eigenvalue weighted by Gasteiger charge is -2.10. The van der Waals surface area contributed by atoms with Crippen molar-refractivity contribution in [3.8, 4) is 0 Å². The number of benzene rings is 1. The van der Waals surface area contributed by atoms with Crippen molar-refractivity contribution in [2.24, 2.45) is 5.73 Å². The molecular formula is C17H28NOP. The third-order valence-electron chi connectivity index (χ3n) is 3.63. The van der Waals surface area contributed by atoms with E-state index in [9.17, 15) is 4.79 Å². The zero-order valence-electron chi connectivity index (χ0n) is 12.6. The summed E-state index contributed by atoms with van der Waals surface area (Å²) in [5.41, 5.74) is 6.92. The second-order valence-corrected chi connectivity index (χ2v) is 6.93. The van der Waals surface area contributed by atoms with E-state index in [1.165, 1.54) is 50.3 Å². The third-order valence-corrected chi connectivity index (χ3v) is 5.46. The maximum absolute atomic E-state index is 11.1. The molecule has 1 rings (SSSR count). The summed E-state index contributed by atoms with van der Waals surface area (Å²) in [6.07, 6.45) is 9.69. The van der Waals surface area contributed by atoms with Crippen molar-refractivity contribution >= 4 is 14.5 Å². The van der Waals surface area contributed by atoms with Crippen LogP contribution in [0.4, 0.5) is 0 Å². The van der Waals surface area contributed by atoms with Gasteiger partial charge in [-0.05, 0) is 37.4 Å². The number of hydrogen-bond donors (Lipinski definition) is 1. The first-order valence-electron chi connectivity index (χ1n) is 7.80. The first kappa shape index (κ1) is 17.2. The van der Waals surface area contributed by atoms with Gasteiger partial charge in [0.05, 0.1) is 5.66 Å². The molecule has 2 N–H and O–H groups in total.